The molecule has 4 nitrogen and oxygen atoms in total. The molecule has 0 heterocycles. The van der Waals surface area contributed by atoms with E-state index in [2.05, 4.69) is 400 Å². The summed E-state index contributed by atoms with van der Waals surface area (Å²) < 4.78 is 11.0. The lowest BCUT2D eigenvalue weighted by atomic mass is 9.59. The molecule has 0 radical (unpaired) electrons. The molecule has 24 rings (SSSR count). The van der Waals surface area contributed by atoms with E-state index in [0.29, 0.717) is 24.3 Å². The second-order valence-electron chi connectivity index (χ2n) is 33.5. The highest BCUT2D eigenvalue weighted by Crippen LogP contribution is 2.62. The van der Waals surface area contributed by atoms with Crippen LogP contribution < -0.4 is 0 Å². The minimum Gasteiger partial charge on any atom is -0.462 e. The second kappa shape index (κ2) is 31.6. The van der Waals surface area contributed by atoms with Crippen LogP contribution in [-0.4, -0.2) is 25.2 Å². The first-order valence-corrected chi connectivity index (χ1v) is 44.4. The van der Waals surface area contributed by atoms with Crippen LogP contribution in [0.4, 0.5) is 0 Å². The number of rotatable bonds is 14. The van der Waals surface area contributed by atoms with Gasteiger partial charge in [0.15, 0.2) is 0 Å². The van der Waals surface area contributed by atoms with Gasteiger partial charge in [-0.15, -0.1) is 0 Å². The maximum Gasteiger partial charge on any atom is 0.338 e. The summed E-state index contributed by atoms with van der Waals surface area (Å²) in [6, 6.07) is 163. The fraction of sp³-hybridized carbons (Fsp3) is 0.0484. The third-order valence-corrected chi connectivity index (χ3v) is 27.1. The van der Waals surface area contributed by atoms with E-state index >= 15 is 0 Å². The monoisotopic (exact) mass is 1640 g/mol. The van der Waals surface area contributed by atoms with Crippen molar-refractivity contribution in [3.63, 3.8) is 0 Å². The molecule has 0 fully saturated rings. The highest BCUT2D eigenvalue weighted by atomic mass is 16.5. The van der Waals surface area contributed by atoms with Gasteiger partial charge in [-0.25, -0.2) is 9.59 Å². The lowest BCUT2D eigenvalue weighted by Crippen LogP contribution is -2.34. The number of benzene rings is 22. The van der Waals surface area contributed by atoms with E-state index in [1.807, 2.05) is 62.4 Å². The molecule has 0 bridgehead atoms. The van der Waals surface area contributed by atoms with Gasteiger partial charge in [-0.1, -0.05) is 437 Å². The summed E-state index contributed by atoms with van der Waals surface area (Å²) in [4.78, 5) is 26.5. The van der Waals surface area contributed by atoms with Gasteiger partial charge in [0, 0.05) is 0 Å². The molecule has 0 saturated heterocycles. The van der Waals surface area contributed by atoms with E-state index in [1.54, 1.807) is 0 Å². The summed E-state index contributed by atoms with van der Waals surface area (Å²) in [6.45, 7) is 4.28. The molecule has 604 valence electrons. The summed E-state index contributed by atoms with van der Waals surface area (Å²) in [5.74, 6) is -0.653. The van der Waals surface area contributed by atoms with Gasteiger partial charge in [-0.2, -0.15) is 0 Å². The SMILES string of the molecule is CCOC(=O)c1ccccc1-c1c2ccccc2c(-c2ccc(-c3c4ccccc4c(-c4ccccc4C(=O)OCC)c4ccccc34)cc2)c2ccccc12.c1ccc(C2(c3ccccc3)c3ccccc3-c3c4ccccc4c(-c4ccc(-c5c6ccccc6c6c7c(cccc57)C(c5ccccc5)(c5ccccc5)c5ccccc5-6)cc4)c4cccc2c34)cc1. The van der Waals surface area contributed by atoms with Crippen LogP contribution in [0.2, 0.25) is 0 Å². The fourth-order valence-electron chi connectivity index (χ4n) is 22.2. The highest BCUT2D eigenvalue weighted by molar-refractivity contribution is 6.29. The van der Waals surface area contributed by atoms with Gasteiger partial charge in [0.2, 0.25) is 0 Å². The standard InChI is InChI=1S/C72H46.C52H38O4/c1-5-23-49(24-6-1)71(50-25-7-2-8-26-50)61-39-19-17-35-57(61)67-55-33-15-13-31-53(55)65(59-37-21-41-63(71)69(59)67)47-43-45-48(46-44-47)66-54-32-14-16-34-56(54)68-58-36-18-20-40-62(58)72(51-27-9-3-10-28-51,52-29-11-4-12-30-52)64-42-22-38-60(66)70(64)68;1-3-55-51(53)45-27-15-13-25-43(45)49-39-21-9-5-17-35(39)47(36-18-6-10-22-40(36)49)33-29-31-34(32-30-33)48-37-19-7-11-23-41(37)50(42-24-12-8-20-38(42)48)44-26-14-16-28-46(44)52(54)56-4-2/h1-46H;5-32H,3-4H2,1-2H3. The number of esters is 2. The van der Waals surface area contributed by atoms with Crippen LogP contribution in [0.1, 0.15) is 79.1 Å². The van der Waals surface area contributed by atoms with Crippen LogP contribution in [0.15, 0.2) is 449 Å². The predicted octanol–water partition coefficient (Wildman–Crippen LogP) is 31.7. The number of fused-ring (bicyclic) bond motifs is 12. The van der Waals surface area contributed by atoms with Gasteiger partial charge in [0.1, 0.15) is 0 Å². The quantitative estimate of drug-likeness (QED) is 0.0804. The smallest absolute Gasteiger partial charge is 0.338 e. The van der Waals surface area contributed by atoms with Crippen molar-refractivity contribution in [1.82, 2.24) is 0 Å². The summed E-state index contributed by atoms with van der Waals surface area (Å²) in [5.41, 5.74) is 28.7. The molecule has 0 N–H and O–H groups in total. The van der Waals surface area contributed by atoms with Crippen molar-refractivity contribution >= 4 is 98.1 Å². The molecule has 0 aliphatic heterocycles. The maximum atomic E-state index is 13.2. The van der Waals surface area contributed by atoms with E-state index in [1.165, 1.54) is 132 Å². The topological polar surface area (TPSA) is 52.6 Å². The molecular weight excluding hydrogens is 1550 g/mol. The first-order valence-electron chi connectivity index (χ1n) is 44.4. The van der Waals surface area contributed by atoms with Gasteiger partial charge in [-0.3, -0.25) is 0 Å². The fourth-order valence-corrected chi connectivity index (χ4v) is 22.2. The molecule has 2 aliphatic rings. The van der Waals surface area contributed by atoms with Crippen molar-refractivity contribution in [2.75, 3.05) is 13.2 Å². The van der Waals surface area contributed by atoms with E-state index in [4.69, 9.17) is 9.47 Å². The van der Waals surface area contributed by atoms with Gasteiger partial charge < -0.3 is 9.47 Å². The predicted molar refractivity (Wildman–Crippen MR) is 532 cm³/mol. The Bertz CT molecular complexity index is 7540. The summed E-state index contributed by atoms with van der Waals surface area (Å²) >= 11 is 0. The van der Waals surface area contributed by atoms with Crippen LogP contribution >= 0.6 is 0 Å². The normalized spacial score (nSPS) is 12.7. The Morgan fingerprint density at radius 2 is 0.391 bits per heavy atom. The second-order valence-corrected chi connectivity index (χ2v) is 33.5. The van der Waals surface area contributed by atoms with Gasteiger partial charge >= 0.3 is 11.9 Å². The Hall–Kier alpha value is -16.1. The molecule has 0 amide bonds. The molecule has 22 aromatic carbocycles. The minimum absolute atomic E-state index is 0.308. The molecule has 0 saturated carbocycles. The van der Waals surface area contributed by atoms with E-state index < -0.39 is 10.8 Å². The summed E-state index contributed by atoms with van der Waals surface area (Å²) in [7, 11) is 0. The Morgan fingerprint density at radius 3 is 0.664 bits per heavy atom. The summed E-state index contributed by atoms with van der Waals surface area (Å²) in [5, 5.41) is 18.9. The van der Waals surface area contributed by atoms with E-state index in [0.717, 1.165) is 87.6 Å². The van der Waals surface area contributed by atoms with Crippen molar-refractivity contribution in [3.8, 4) is 89.0 Å². The number of hydrogen-bond donors (Lipinski definition) is 0. The van der Waals surface area contributed by atoms with Crippen molar-refractivity contribution < 1.29 is 19.1 Å². The first-order chi connectivity index (χ1) is 63.4. The lowest BCUT2D eigenvalue weighted by molar-refractivity contribution is 0.0517. The number of carbonyl (C=O) groups is 2. The summed E-state index contributed by atoms with van der Waals surface area (Å²) in [6.07, 6.45) is 0. The third kappa shape index (κ3) is 11.8. The average Bonchev–Trinajstić information content (AvgIpc) is 0.681. The van der Waals surface area contributed by atoms with Crippen LogP contribution in [0, 0.1) is 0 Å². The zero-order valence-corrected chi connectivity index (χ0v) is 70.8. The molecule has 0 unspecified atom stereocenters. The molecule has 4 heteroatoms. The Labute approximate surface area is 743 Å². The Morgan fingerprint density at radius 1 is 0.188 bits per heavy atom. The molecular formula is C124H84O4. The zero-order valence-electron chi connectivity index (χ0n) is 70.8. The molecule has 0 aromatic heterocycles. The van der Waals surface area contributed by atoms with Crippen LogP contribution in [0.25, 0.3) is 175 Å². The zero-order chi connectivity index (χ0) is 85.6. The third-order valence-electron chi connectivity index (χ3n) is 27.1. The molecule has 22 aromatic rings. The van der Waals surface area contributed by atoms with Gasteiger partial charge in [-0.05, 0) is 246 Å². The van der Waals surface area contributed by atoms with Crippen LogP contribution in [0.3, 0.4) is 0 Å². The van der Waals surface area contributed by atoms with Crippen LogP contribution in [0.5, 0.6) is 0 Å². The lowest BCUT2D eigenvalue weighted by Gasteiger charge is -2.42. The van der Waals surface area contributed by atoms with E-state index in [9.17, 15) is 9.59 Å². The van der Waals surface area contributed by atoms with Gasteiger partial charge in [0.25, 0.3) is 0 Å². The molecule has 128 heavy (non-hydrogen) atoms. The number of ether oxygens (including phenoxy) is 2. The minimum atomic E-state index is -0.538. The average molecular weight is 1640 g/mol. The molecule has 0 atom stereocenters. The highest BCUT2D eigenvalue weighted by Gasteiger charge is 2.47. The van der Waals surface area contributed by atoms with E-state index in [-0.39, 0.29) is 11.9 Å². The van der Waals surface area contributed by atoms with Crippen LogP contribution in [-0.2, 0) is 20.3 Å². The largest absolute Gasteiger partial charge is 0.462 e. The maximum absolute atomic E-state index is 13.2. The van der Waals surface area contributed by atoms with Crippen molar-refractivity contribution in [2.24, 2.45) is 0 Å². The molecule has 2 aliphatic carbocycles. The Kier molecular flexibility index (Phi) is 18.9. The van der Waals surface area contributed by atoms with Crippen molar-refractivity contribution in [3.05, 3.63) is 505 Å². The van der Waals surface area contributed by atoms with Gasteiger partial charge in [0.05, 0.1) is 35.2 Å². The Balaban J connectivity index is 0.000000152. The molecule has 0 spiro atoms. The van der Waals surface area contributed by atoms with Crippen molar-refractivity contribution in [1.29, 1.82) is 0 Å². The van der Waals surface area contributed by atoms with Crippen molar-refractivity contribution in [2.45, 2.75) is 24.7 Å². The number of hydrogen-bond acceptors (Lipinski definition) is 4. The number of carbonyl (C=O) groups excluding carboxylic acids is 2. The first kappa shape index (κ1) is 76.7.